The summed E-state index contributed by atoms with van der Waals surface area (Å²) in [6.45, 7) is 8.98. The first-order valence-electron chi connectivity index (χ1n) is 16.4. The Labute approximate surface area is 272 Å². The molecule has 0 unspecified atom stereocenters. The molecule has 2 aromatic carbocycles. The van der Waals surface area contributed by atoms with Crippen molar-refractivity contribution in [3.63, 3.8) is 0 Å². The van der Waals surface area contributed by atoms with Crippen molar-refractivity contribution in [1.29, 1.82) is 0 Å². The fourth-order valence-electron chi connectivity index (χ4n) is 4.79. The number of nitrogens with one attached hydrogen (secondary N) is 2. The van der Waals surface area contributed by atoms with Gasteiger partial charge in [-0.3, -0.25) is 9.59 Å². The van der Waals surface area contributed by atoms with Gasteiger partial charge in [0.2, 0.25) is 0 Å². The maximum atomic E-state index is 13.8. The van der Waals surface area contributed by atoms with Crippen LogP contribution in [0.25, 0.3) is 0 Å². The van der Waals surface area contributed by atoms with Crippen LogP contribution in [0.1, 0.15) is 57.5 Å². The van der Waals surface area contributed by atoms with E-state index in [1.54, 1.807) is 24.3 Å². The summed E-state index contributed by atoms with van der Waals surface area (Å²) in [5.74, 6) is -0.324. The van der Waals surface area contributed by atoms with Gasteiger partial charge in [0.1, 0.15) is 0 Å². The molecule has 256 valence electrons. The molecule has 0 bridgehead atoms. The van der Waals surface area contributed by atoms with Gasteiger partial charge in [-0.25, -0.2) is 0 Å². The second-order valence-electron chi connectivity index (χ2n) is 10.6. The lowest BCUT2D eigenvalue weighted by Gasteiger charge is -2.23. The molecule has 0 radical (unpaired) electrons. The quantitative estimate of drug-likeness (QED) is 0.0856. The topological polar surface area (TPSA) is 166 Å². The summed E-state index contributed by atoms with van der Waals surface area (Å²) < 4.78 is 33.1. The molecule has 0 saturated carbocycles. The van der Waals surface area contributed by atoms with Gasteiger partial charge in [-0.2, -0.15) is 0 Å². The van der Waals surface area contributed by atoms with Crippen LogP contribution in [0.15, 0.2) is 36.4 Å². The zero-order valence-corrected chi connectivity index (χ0v) is 27.0. The number of rotatable bonds is 28. The number of carbonyl (C=O) groups is 2. The average molecular weight is 645 g/mol. The molecule has 12 heteroatoms. The number of hydrogen-bond acceptors (Lipinski definition) is 12. The predicted octanol–water partition coefficient (Wildman–Crippen LogP) is 2.86. The molecule has 0 amide bonds. The van der Waals surface area contributed by atoms with Crippen LogP contribution in [0.3, 0.4) is 0 Å². The Morgan fingerprint density at radius 1 is 0.457 bits per heavy atom. The largest absolute Gasteiger partial charge is 0.384 e. The maximum Gasteiger partial charge on any atom is 0.198 e. The highest BCUT2D eigenvalue weighted by atomic mass is 16.5. The lowest BCUT2D eigenvalue weighted by Crippen LogP contribution is -2.24. The molecule has 0 heterocycles. The van der Waals surface area contributed by atoms with Gasteiger partial charge in [0.15, 0.2) is 11.6 Å². The lowest BCUT2D eigenvalue weighted by atomic mass is 9.82. The summed E-state index contributed by atoms with van der Waals surface area (Å²) in [6.07, 6.45) is 3.16. The minimum Gasteiger partial charge on any atom is -0.384 e. The van der Waals surface area contributed by atoms with Crippen molar-refractivity contribution < 1.29 is 38.0 Å². The molecule has 3 rings (SSSR count). The van der Waals surface area contributed by atoms with Crippen LogP contribution in [0, 0.1) is 0 Å². The zero-order valence-electron chi connectivity index (χ0n) is 27.0. The Kier molecular flexibility index (Phi) is 19.1. The highest BCUT2D eigenvalue weighted by Crippen LogP contribution is 2.35. The van der Waals surface area contributed by atoms with Gasteiger partial charge in [0, 0.05) is 62.0 Å². The lowest BCUT2D eigenvalue weighted by molar-refractivity contribution is 0.0144. The van der Waals surface area contributed by atoms with E-state index in [1.165, 1.54) is 0 Å². The van der Waals surface area contributed by atoms with E-state index in [-0.39, 0.29) is 11.6 Å². The third kappa shape index (κ3) is 13.0. The van der Waals surface area contributed by atoms with Crippen molar-refractivity contribution in [3.05, 3.63) is 58.7 Å². The molecule has 12 nitrogen and oxygen atoms in total. The molecule has 1 aliphatic carbocycles. The summed E-state index contributed by atoms with van der Waals surface area (Å²) in [4.78, 5) is 27.3. The minimum atomic E-state index is -0.170. The maximum absolute atomic E-state index is 13.8. The monoisotopic (exact) mass is 644 g/mol. The molecule has 0 fully saturated rings. The normalized spacial score (nSPS) is 12.3. The van der Waals surface area contributed by atoms with Gasteiger partial charge < -0.3 is 50.5 Å². The fraction of sp³-hybridized carbons (Fsp3) is 0.588. The van der Waals surface area contributed by atoms with E-state index in [0.717, 1.165) is 25.7 Å². The zero-order chi connectivity index (χ0) is 32.7. The smallest absolute Gasteiger partial charge is 0.198 e. The number of ether oxygens (including phenoxy) is 6. The minimum absolute atomic E-state index is 0.155. The molecule has 0 atom stereocenters. The molecule has 1 aliphatic rings. The van der Waals surface area contributed by atoms with Crippen molar-refractivity contribution >= 4 is 22.9 Å². The van der Waals surface area contributed by atoms with E-state index in [4.69, 9.17) is 39.9 Å². The molecule has 0 aromatic heterocycles. The summed E-state index contributed by atoms with van der Waals surface area (Å²) >= 11 is 0. The van der Waals surface area contributed by atoms with E-state index >= 15 is 0 Å². The molecule has 0 saturated heterocycles. The van der Waals surface area contributed by atoms with Crippen LogP contribution < -0.4 is 22.1 Å². The van der Waals surface area contributed by atoms with Crippen LogP contribution >= 0.6 is 0 Å². The van der Waals surface area contributed by atoms with Gasteiger partial charge in [0.05, 0.1) is 64.0 Å². The van der Waals surface area contributed by atoms with Crippen molar-refractivity contribution in [2.75, 3.05) is 116 Å². The number of carbonyl (C=O) groups excluding carboxylic acids is 2. The van der Waals surface area contributed by atoms with Crippen molar-refractivity contribution in [1.82, 2.24) is 0 Å². The Morgan fingerprint density at radius 2 is 0.804 bits per heavy atom. The first kappa shape index (κ1) is 37.5. The molecule has 2 aromatic rings. The van der Waals surface area contributed by atoms with Gasteiger partial charge in [-0.15, -0.1) is 0 Å². The van der Waals surface area contributed by atoms with Gasteiger partial charge in [-0.1, -0.05) is 24.3 Å². The predicted molar refractivity (Wildman–Crippen MR) is 178 cm³/mol. The number of anilines is 2. The third-order valence-corrected chi connectivity index (χ3v) is 7.11. The fourth-order valence-corrected chi connectivity index (χ4v) is 4.79. The van der Waals surface area contributed by atoms with Gasteiger partial charge >= 0.3 is 0 Å². The van der Waals surface area contributed by atoms with E-state index in [2.05, 4.69) is 10.6 Å². The van der Waals surface area contributed by atoms with Crippen LogP contribution in [0.4, 0.5) is 11.4 Å². The number of ketones is 2. The van der Waals surface area contributed by atoms with Gasteiger partial charge in [0.25, 0.3) is 0 Å². The van der Waals surface area contributed by atoms with Crippen LogP contribution in [0.2, 0.25) is 0 Å². The SMILES string of the molecule is NCCCOCCOCCOCCCNc1cccc2c1C(=O)c1c(NCCCOCCOCCOCCCN)cccc1C2=O. The van der Waals surface area contributed by atoms with Crippen molar-refractivity contribution in [2.45, 2.75) is 25.7 Å². The Hall–Kier alpha value is -2.94. The Balaban J connectivity index is 1.38. The second-order valence-corrected chi connectivity index (χ2v) is 10.6. The number of fused-ring (bicyclic) bond motifs is 2. The number of hydrogen-bond donors (Lipinski definition) is 4. The molecule has 46 heavy (non-hydrogen) atoms. The number of benzene rings is 2. The van der Waals surface area contributed by atoms with E-state index < -0.39 is 0 Å². The average Bonchev–Trinajstić information content (AvgIpc) is 3.07. The Bertz CT molecular complexity index is 1080. The number of nitrogens with two attached hydrogens (primary N) is 2. The molecular formula is C34H52N4O8. The van der Waals surface area contributed by atoms with E-state index in [9.17, 15) is 9.59 Å². The summed E-state index contributed by atoms with van der Waals surface area (Å²) in [7, 11) is 0. The molecule has 0 aliphatic heterocycles. The Morgan fingerprint density at radius 3 is 1.17 bits per heavy atom. The molecular weight excluding hydrogens is 592 g/mol. The standard InChI is InChI=1S/C34H52N4O8/c35-11-3-15-41-19-23-45-25-21-43-17-5-13-37-29-9-1-7-27-31(29)34(40)32-28(33(27)39)8-2-10-30(32)38-14-6-18-44-22-26-46-24-20-42-16-4-12-36/h1-2,7-10,37-38H,3-6,11-26,35-36H2. The van der Waals surface area contributed by atoms with Crippen LogP contribution in [0.5, 0.6) is 0 Å². The van der Waals surface area contributed by atoms with Crippen LogP contribution in [-0.2, 0) is 28.4 Å². The third-order valence-electron chi connectivity index (χ3n) is 7.11. The first-order valence-corrected chi connectivity index (χ1v) is 16.4. The molecule has 6 N–H and O–H groups in total. The van der Waals surface area contributed by atoms with Gasteiger partial charge in [-0.05, 0) is 50.9 Å². The second kappa shape index (κ2) is 23.4. The molecule has 0 spiro atoms. The summed E-state index contributed by atoms with van der Waals surface area (Å²) in [6, 6.07) is 10.7. The first-order chi connectivity index (χ1) is 22.7. The highest BCUT2D eigenvalue weighted by Gasteiger charge is 2.33. The van der Waals surface area contributed by atoms with E-state index in [1.807, 2.05) is 12.1 Å². The highest BCUT2D eigenvalue weighted by molar-refractivity contribution is 6.31. The summed E-state index contributed by atoms with van der Waals surface area (Å²) in [5.41, 5.74) is 13.8. The van der Waals surface area contributed by atoms with Crippen molar-refractivity contribution in [3.8, 4) is 0 Å². The van der Waals surface area contributed by atoms with Crippen LogP contribution in [-0.4, -0.2) is 117 Å². The summed E-state index contributed by atoms with van der Waals surface area (Å²) in [5, 5.41) is 6.67. The van der Waals surface area contributed by atoms with E-state index in [0.29, 0.717) is 139 Å². The van der Waals surface area contributed by atoms with Crippen molar-refractivity contribution in [2.24, 2.45) is 11.5 Å².